The zero-order valence-corrected chi connectivity index (χ0v) is 13.0. The number of likely N-dealkylation sites (tertiary alicyclic amines) is 1. The molecule has 1 aliphatic rings. The number of hydrogen-bond donors (Lipinski definition) is 1. The van der Waals surface area contributed by atoms with Crippen molar-refractivity contribution in [3.8, 4) is 0 Å². The summed E-state index contributed by atoms with van der Waals surface area (Å²) in [6.07, 6.45) is 1.27. The second kappa shape index (κ2) is 6.40. The maximum Gasteiger partial charge on any atom is 0.241 e. The highest BCUT2D eigenvalue weighted by molar-refractivity contribution is 5.94. The molecule has 3 nitrogen and oxygen atoms in total. The summed E-state index contributed by atoms with van der Waals surface area (Å²) in [5.74, 6) is 1.44. The van der Waals surface area contributed by atoms with Gasteiger partial charge >= 0.3 is 0 Å². The van der Waals surface area contributed by atoms with E-state index in [1.54, 1.807) is 0 Å². The lowest BCUT2D eigenvalue weighted by atomic mass is 9.91. The van der Waals surface area contributed by atoms with Gasteiger partial charge in [-0.3, -0.25) is 9.69 Å². The molecule has 0 radical (unpaired) electrons. The van der Waals surface area contributed by atoms with Crippen molar-refractivity contribution in [2.24, 2.45) is 11.8 Å². The summed E-state index contributed by atoms with van der Waals surface area (Å²) >= 11 is 0. The van der Waals surface area contributed by atoms with E-state index in [1.807, 2.05) is 38.1 Å². The van der Waals surface area contributed by atoms with Crippen LogP contribution in [-0.4, -0.2) is 29.9 Å². The van der Waals surface area contributed by atoms with Gasteiger partial charge in [0.1, 0.15) is 0 Å². The summed E-state index contributed by atoms with van der Waals surface area (Å²) in [5.41, 5.74) is 2.05. The van der Waals surface area contributed by atoms with Crippen LogP contribution in [0.5, 0.6) is 0 Å². The van der Waals surface area contributed by atoms with Gasteiger partial charge in [0.05, 0.1) is 6.04 Å². The summed E-state index contributed by atoms with van der Waals surface area (Å²) in [6.45, 7) is 10.6. The normalized spacial score (nSPS) is 25.2. The molecule has 110 valence electrons. The van der Waals surface area contributed by atoms with Gasteiger partial charge in [-0.2, -0.15) is 0 Å². The second-order valence-corrected chi connectivity index (χ2v) is 6.43. The van der Waals surface area contributed by atoms with Gasteiger partial charge < -0.3 is 5.32 Å². The highest BCUT2D eigenvalue weighted by Crippen LogP contribution is 2.23. The minimum Gasteiger partial charge on any atom is -0.325 e. The van der Waals surface area contributed by atoms with E-state index in [-0.39, 0.29) is 11.9 Å². The van der Waals surface area contributed by atoms with E-state index < -0.39 is 0 Å². The summed E-state index contributed by atoms with van der Waals surface area (Å²) in [6, 6.07) is 7.89. The van der Waals surface area contributed by atoms with Crippen LogP contribution in [0.4, 0.5) is 5.69 Å². The van der Waals surface area contributed by atoms with Crippen molar-refractivity contribution in [2.75, 3.05) is 18.4 Å². The van der Waals surface area contributed by atoms with Crippen molar-refractivity contribution < 1.29 is 4.79 Å². The molecule has 1 aromatic carbocycles. The molecule has 3 heteroatoms. The van der Waals surface area contributed by atoms with Crippen LogP contribution in [0, 0.1) is 18.8 Å². The van der Waals surface area contributed by atoms with Crippen LogP contribution in [0.2, 0.25) is 0 Å². The molecule has 0 bridgehead atoms. The van der Waals surface area contributed by atoms with Crippen LogP contribution in [0.1, 0.15) is 32.8 Å². The minimum absolute atomic E-state index is 0.0688. The molecule has 0 spiro atoms. The summed E-state index contributed by atoms with van der Waals surface area (Å²) in [7, 11) is 0. The third-order valence-electron chi connectivity index (χ3n) is 4.11. The van der Waals surface area contributed by atoms with Gasteiger partial charge in [-0.05, 0) is 49.8 Å². The lowest BCUT2D eigenvalue weighted by molar-refractivity contribution is -0.121. The van der Waals surface area contributed by atoms with Crippen molar-refractivity contribution in [3.63, 3.8) is 0 Å². The first-order valence-electron chi connectivity index (χ1n) is 7.57. The zero-order valence-electron chi connectivity index (χ0n) is 13.0. The molecule has 20 heavy (non-hydrogen) atoms. The van der Waals surface area contributed by atoms with E-state index in [1.165, 1.54) is 6.42 Å². The lowest BCUT2D eigenvalue weighted by Crippen LogP contribution is -2.48. The van der Waals surface area contributed by atoms with E-state index in [4.69, 9.17) is 0 Å². The number of anilines is 1. The fourth-order valence-electron chi connectivity index (χ4n) is 3.16. The quantitative estimate of drug-likeness (QED) is 0.917. The molecule has 0 aliphatic carbocycles. The number of hydrogen-bond acceptors (Lipinski definition) is 2. The highest BCUT2D eigenvalue weighted by Gasteiger charge is 2.28. The highest BCUT2D eigenvalue weighted by atomic mass is 16.2. The van der Waals surface area contributed by atoms with E-state index >= 15 is 0 Å². The van der Waals surface area contributed by atoms with E-state index in [0.717, 1.165) is 24.3 Å². The standard InChI is InChI=1S/C17H26N2O/c1-12-6-5-7-16(9-12)18-17(20)15(4)19-10-13(2)8-14(3)11-19/h5-7,9,13-15H,8,10-11H2,1-4H3,(H,18,20)/t13-,14+,15-/m1/s1. The number of rotatable bonds is 3. The molecule has 3 atom stereocenters. The Morgan fingerprint density at radius 1 is 1.30 bits per heavy atom. The van der Waals surface area contributed by atoms with Crippen LogP contribution < -0.4 is 5.32 Å². The van der Waals surface area contributed by atoms with E-state index in [2.05, 4.69) is 24.1 Å². The summed E-state index contributed by atoms with van der Waals surface area (Å²) in [4.78, 5) is 14.7. The SMILES string of the molecule is Cc1cccc(NC(=O)[C@@H](C)N2C[C@H](C)C[C@H](C)C2)c1. The van der Waals surface area contributed by atoms with Gasteiger partial charge in [-0.25, -0.2) is 0 Å². The zero-order chi connectivity index (χ0) is 14.7. The third-order valence-corrected chi connectivity index (χ3v) is 4.11. The van der Waals surface area contributed by atoms with Crippen LogP contribution in [0.15, 0.2) is 24.3 Å². The van der Waals surface area contributed by atoms with Gasteiger partial charge in [0.25, 0.3) is 0 Å². The average molecular weight is 274 g/mol. The first-order valence-corrected chi connectivity index (χ1v) is 7.57. The Morgan fingerprint density at radius 2 is 1.95 bits per heavy atom. The summed E-state index contributed by atoms with van der Waals surface area (Å²) < 4.78 is 0. The third kappa shape index (κ3) is 3.83. The molecule has 1 aliphatic heterocycles. The molecule has 2 rings (SSSR count). The Labute approximate surface area is 122 Å². The molecular formula is C17H26N2O. The number of nitrogens with one attached hydrogen (secondary N) is 1. The number of amides is 1. The van der Waals surface area contributed by atoms with E-state index in [0.29, 0.717) is 11.8 Å². The summed E-state index contributed by atoms with van der Waals surface area (Å²) in [5, 5.41) is 3.03. The van der Waals surface area contributed by atoms with Crippen molar-refractivity contribution in [2.45, 2.75) is 40.2 Å². The van der Waals surface area contributed by atoms with Crippen molar-refractivity contribution in [3.05, 3.63) is 29.8 Å². The molecule has 1 fully saturated rings. The first kappa shape index (κ1) is 15.0. The Bertz CT molecular complexity index is 462. The second-order valence-electron chi connectivity index (χ2n) is 6.43. The van der Waals surface area contributed by atoms with Crippen LogP contribution in [-0.2, 0) is 4.79 Å². The first-order chi connectivity index (χ1) is 9.45. The van der Waals surface area contributed by atoms with Gasteiger partial charge in [-0.15, -0.1) is 0 Å². The average Bonchev–Trinajstić information content (AvgIpc) is 2.36. The molecule has 1 saturated heterocycles. The van der Waals surface area contributed by atoms with Gasteiger partial charge in [0.15, 0.2) is 0 Å². The van der Waals surface area contributed by atoms with Gasteiger partial charge in [-0.1, -0.05) is 26.0 Å². The molecule has 0 unspecified atom stereocenters. The largest absolute Gasteiger partial charge is 0.325 e. The number of carbonyl (C=O) groups is 1. The van der Waals surface area contributed by atoms with E-state index in [9.17, 15) is 4.79 Å². The predicted octanol–water partition coefficient (Wildman–Crippen LogP) is 3.30. The predicted molar refractivity (Wildman–Crippen MR) is 83.8 cm³/mol. The van der Waals surface area contributed by atoms with Crippen LogP contribution in [0.25, 0.3) is 0 Å². The number of piperidine rings is 1. The van der Waals surface area contributed by atoms with Gasteiger partial charge in [0.2, 0.25) is 5.91 Å². The smallest absolute Gasteiger partial charge is 0.241 e. The minimum atomic E-state index is -0.0688. The number of aryl methyl sites for hydroxylation is 1. The molecule has 0 aromatic heterocycles. The molecule has 1 N–H and O–H groups in total. The number of benzene rings is 1. The molecule has 1 heterocycles. The Morgan fingerprint density at radius 3 is 2.55 bits per heavy atom. The lowest BCUT2D eigenvalue weighted by Gasteiger charge is -2.38. The molecule has 0 saturated carbocycles. The maximum atomic E-state index is 12.4. The Kier molecular flexibility index (Phi) is 4.81. The monoisotopic (exact) mass is 274 g/mol. The maximum absolute atomic E-state index is 12.4. The molecular weight excluding hydrogens is 248 g/mol. The van der Waals surface area contributed by atoms with Crippen molar-refractivity contribution in [1.82, 2.24) is 4.90 Å². The molecule has 1 amide bonds. The van der Waals surface area contributed by atoms with Gasteiger partial charge in [0, 0.05) is 18.8 Å². The number of nitrogens with zero attached hydrogens (tertiary/aromatic N) is 1. The number of carbonyl (C=O) groups excluding carboxylic acids is 1. The fourth-order valence-corrected chi connectivity index (χ4v) is 3.16. The van der Waals surface area contributed by atoms with Crippen molar-refractivity contribution in [1.29, 1.82) is 0 Å². The topological polar surface area (TPSA) is 32.3 Å². The van der Waals surface area contributed by atoms with Crippen molar-refractivity contribution >= 4 is 11.6 Å². The Balaban J connectivity index is 1.98. The van der Waals surface area contributed by atoms with Crippen LogP contribution in [0.3, 0.4) is 0 Å². The fraction of sp³-hybridized carbons (Fsp3) is 0.588. The molecule has 1 aromatic rings. The Hall–Kier alpha value is -1.35. The van der Waals surface area contributed by atoms with Crippen LogP contribution >= 0.6 is 0 Å².